The molecule has 2 heterocycles. The topological polar surface area (TPSA) is 66.3 Å². The minimum Gasteiger partial charge on any atom is -0.476 e. The summed E-state index contributed by atoms with van der Waals surface area (Å²) in [4.78, 5) is 14.0. The lowest BCUT2D eigenvalue weighted by atomic mass is 10.3. The van der Waals surface area contributed by atoms with Crippen molar-refractivity contribution in [1.29, 1.82) is 0 Å². The monoisotopic (exact) mass is 263 g/mol. The summed E-state index contributed by atoms with van der Waals surface area (Å²) >= 11 is 1.69. The number of hydrogen-bond donors (Lipinski definition) is 1. The summed E-state index contributed by atoms with van der Waals surface area (Å²) in [7, 11) is 0. The van der Waals surface area contributed by atoms with Gasteiger partial charge >= 0.3 is 5.97 Å². The van der Waals surface area contributed by atoms with Gasteiger partial charge < -0.3 is 10.0 Å². The Labute approximate surface area is 109 Å². The van der Waals surface area contributed by atoms with Crippen molar-refractivity contribution in [3.05, 3.63) is 40.2 Å². The second kappa shape index (κ2) is 5.59. The Morgan fingerprint density at radius 1 is 1.39 bits per heavy atom. The first-order valence-electron chi connectivity index (χ1n) is 5.55. The molecule has 0 saturated carbocycles. The van der Waals surface area contributed by atoms with Crippen molar-refractivity contribution in [2.75, 3.05) is 11.4 Å². The molecule has 6 heteroatoms. The largest absolute Gasteiger partial charge is 0.476 e. The molecule has 0 aromatic carbocycles. The van der Waals surface area contributed by atoms with Crippen LogP contribution < -0.4 is 4.90 Å². The lowest BCUT2D eigenvalue weighted by molar-refractivity contribution is 0.0689. The van der Waals surface area contributed by atoms with Crippen LogP contribution in [-0.4, -0.2) is 27.8 Å². The van der Waals surface area contributed by atoms with Gasteiger partial charge in [0, 0.05) is 11.4 Å². The van der Waals surface area contributed by atoms with E-state index in [0.29, 0.717) is 5.82 Å². The number of hydrogen-bond acceptors (Lipinski definition) is 5. The van der Waals surface area contributed by atoms with Crippen molar-refractivity contribution in [2.24, 2.45) is 0 Å². The summed E-state index contributed by atoms with van der Waals surface area (Å²) in [5.74, 6) is -0.369. The summed E-state index contributed by atoms with van der Waals surface area (Å²) < 4.78 is 0. The van der Waals surface area contributed by atoms with Crippen molar-refractivity contribution in [3.63, 3.8) is 0 Å². The third kappa shape index (κ3) is 2.84. The Hall–Kier alpha value is -1.95. The first-order valence-corrected chi connectivity index (χ1v) is 6.43. The molecular weight excluding hydrogens is 250 g/mol. The summed E-state index contributed by atoms with van der Waals surface area (Å²) in [6, 6.07) is 7.23. The van der Waals surface area contributed by atoms with Crippen LogP contribution in [0.4, 0.5) is 5.82 Å². The van der Waals surface area contributed by atoms with E-state index in [-0.39, 0.29) is 5.69 Å². The Morgan fingerprint density at radius 3 is 2.72 bits per heavy atom. The van der Waals surface area contributed by atoms with Crippen LogP contribution in [0.1, 0.15) is 22.3 Å². The number of aromatic carboxylic acids is 1. The quantitative estimate of drug-likeness (QED) is 0.896. The molecule has 0 unspecified atom stereocenters. The van der Waals surface area contributed by atoms with Crippen LogP contribution in [0.15, 0.2) is 29.6 Å². The minimum absolute atomic E-state index is 0.0362. The SMILES string of the molecule is CCN(Cc1cccs1)c1ccc(C(=O)O)nn1. The molecule has 0 radical (unpaired) electrons. The fraction of sp³-hybridized carbons (Fsp3) is 0.250. The normalized spacial score (nSPS) is 10.3. The highest BCUT2D eigenvalue weighted by atomic mass is 32.1. The Morgan fingerprint density at radius 2 is 2.22 bits per heavy atom. The molecule has 0 aliphatic rings. The van der Waals surface area contributed by atoms with Crippen LogP contribution in [0.5, 0.6) is 0 Å². The number of carbonyl (C=O) groups is 1. The lowest BCUT2D eigenvalue weighted by Gasteiger charge is -2.20. The summed E-state index contributed by atoms with van der Waals surface area (Å²) in [5.41, 5.74) is -0.0362. The number of aromatic nitrogens is 2. The number of rotatable bonds is 5. The van der Waals surface area contributed by atoms with Crippen molar-refractivity contribution in [2.45, 2.75) is 13.5 Å². The molecule has 0 saturated heterocycles. The lowest BCUT2D eigenvalue weighted by Crippen LogP contribution is -2.23. The Bertz CT molecular complexity index is 511. The van der Waals surface area contributed by atoms with Crippen molar-refractivity contribution < 1.29 is 9.90 Å². The third-order valence-corrected chi connectivity index (χ3v) is 3.36. The van der Waals surface area contributed by atoms with Gasteiger partial charge in [0.1, 0.15) is 0 Å². The molecule has 2 aromatic heterocycles. The molecule has 0 bridgehead atoms. The second-order valence-corrected chi connectivity index (χ2v) is 4.71. The maximum Gasteiger partial charge on any atom is 0.356 e. The molecule has 0 atom stereocenters. The number of carboxylic acid groups (broad SMARTS) is 1. The first-order chi connectivity index (χ1) is 8.70. The molecule has 5 nitrogen and oxygen atoms in total. The maximum absolute atomic E-state index is 10.7. The predicted molar refractivity (Wildman–Crippen MR) is 70.0 cm³/mol. The van der Waals surface area contributed by atoms with E-state index in [4.69, 9.17) is 5.11 Å². The van der Waals surface area contributed by atoms with Crippen LogP contribution >= 0.6 is 11.3 Å². The van der Waals surface area contributed by atoms with Gasteiger partial charge in [0.25, 0.3) is 0 Å². The van der Waals surface area contributed by atoms with E-state index >= 15 is 0 Å². The van der Waals surface area contributed by atoms with E-state index in [1.54, 1.807) is 17.4 Å². The molecule has 0 amide bonds. The van der Waals surface area contributed by atoms with Gasteiger partial charge in [-0.1, -0.05) is 6.07 Å². The van der Waals surface area contributed by atoms with Crippen molar-refractivity contribution in [1.82, 2.24) is 10.2 Å². The van der Waals surface area contributed by atoms with Gasteiger partial charge in [-0.05, 0) is 30.5 Å². The summed E-state index contributed by atoms with van der Waals surface area (Å²) in [6.45, 7) is 3.58. The van der Waals surface area contributed by atoms with E-state index in [0.717, 1.165) is 13.1 Å². The first kappa shape index (κ1) is 12.5. The molecule has 0 aliphatic heterocycles. The van der Waals surface area contributed by atoms with E-state index < -0.39 is 5.97 Å². The molecule has 0 spiro atoms. The second-order valence-electron chi connectivity index (χ2n) is 3.68. The number of nitrogens with zero attached hydrogens (tertiary/aromatic N) is 3. The van der Waals surface area contributed by atoms with Gasteiger partial charge in [0.2, 0.25) is 0 Å². The fourth-order valence-corrected chi connectivity index (χ4v) is 2.27. The van der Waals surface area contributed by atoms with Crippen LogP contribution in [0.2, 0.25) is 0 Å². The maximum atomic E-state index is 10.7. The number of anilines is 1. The van der Waals surface area contributed by atoms with Gasteiger partial charge in [-0.3, -0.25) is 0 Å². The van der Waals surface area contributed by atoms with Crippen molar-refractivity contribution in [3.8, 4) is 0 Å². The summed E-state index contributed by atoms with van der Waals surface area (Å²) in [6.07, 6.45) is 0. The van der Waals surface area contributed by atoms with Crippen molar-refractivity contribution >= 4 is 23.1 Å². The number of carboxylic acids is 1. The fourth-order valence-electron chi connectivity index (χ4n) is 1.55. The van der Waals surface area contributed by atoms with Crippen LogP contribution in [0, 0.1) is 0 Å². The van der Waals surface area contributed by atoms with Crippen LogP contribution in [0.3, 0.4) is 0 Å². The average Bonchev–Trinajstić information content (AvgIpc) is 2.89. The average molecular weight is 263 g/mol. The molecule has 2 rings (SSSR count). The van der Waals surface area contributed by atoms with Gasteiger partial charge in [0.05, 0.1) is 6.54 Å². The number of thiophene rings is 1. The van der Waals surface area contributed by atoms with Gasteiger partial charge in [-0.2, -0.15) is 0 Å². The molecule has 2 aromatic rings. The zero-order chi connectivity index (χ0) is 13.0. The highest BCUT2D eigenvalue weighted by Gasteiger charge is 2.10. The highest BCUT2D eigenvalue weighted by Crippen LogP contribution is 2.16. The van der Waals surface area contributed by atoms with Gasteiger partial charge in [0.15, 0.2) is 11.5 Å². The molecule has 1 N–H and O–H groups in total. The minimum atomic E-state index is -1.06. The zero-order valence-corrected chi connectivity index (χ0v) is 10.7. The highest BCUT2D eigenvalue weighted by molar-refractivity contribution is 7.09. The molecular formula is C12H13N3O2S. The zero-order valence-electron chi connectivity index (χ0n) is 9.91. The van der Waals surface area contributed by atoms with E-state index in [1.165, 1.54) is 10.9 Å². The standard InChI is InChI=1S/C12H13N3O2S/c1-2-15(8-9-4-3-7-18-9)11-6-5-10(12(16)17)13-14-11/h3-7H,2,8H2,1H3,(H,16,17). The summed E-state index contributed by atoms with van der Waals surface area (Å²) in [5, 5.41) is 18.4. The Balaban J connectivity index is 2.14. The van der Waals surface area contributed by atoms with E-state index in [2.05, 4.69) is 16.3 Å². The molecule has 0 aliphatic carbocycles. The third-order valence-electron chi connectivity index (χ3n) is 2.50. The van der Waals surface area contributed by atoms with E-state index in [9.17, 15) is 4.79 Å². The van der Waals surface area contributed by atoms with Gasteiger partial charge in [-0.15, -0.1) is 21.5 Å². The Kier molecular flexibility index (Phi) is 3.88. The van der Waals surface area contributed by atoms with E-state index in [1.807, 2.05) is 23.3 Å². The molecule has 18 heavy (non-hydrogen) atoms. The van der Waals surface area contributed by atoms with Gasteiger partial charge in [-0.25, -0.2) is 4.79 Å². The predicted octanol–water partition coefficient (Wildman–Crippen LogP) is 2.26. The smallest absolute Gasteiger partial charge is 0.356 e. The van der Waals surface area contributed by atoms with Crippen LogP contribution in [-0.2, 0) is 6.54 Å². The molecule has 0 fully saturated rings. The molecule has 94 valence electrons. The van der Waals surface area contributed by atoms with Crippen LogP contribution in [0.25, 0.3) is 0 Å².